The van der Waals surface area contributed by atoms with E-state index in [1.807, 2.05) is 34.0 Å². The van der Waals surface area contributed by atoms with Gasteiger partial charge in [-0.05, 0) is 105 Å². The molecule has 5 heterocycles. The predicted octanol–water partition coefficient (Wildman–Crippen LogP) is 22.1. The van der Waals surface area contributed by atoms with E-state index in [1.165, 1.54) is 242 Å². The molecule has 0 bridgehead atoms. The van der Waals surface area contributed by atoms with Crippen LogP contribution in [-0.2, 0) is 6.54 Å². The quantitative estimate of drug-likeness (QED) is 0.0308. The van der Waals surface area contributed by atoms with Crippen LogP contribution in [0.15, 0.2) is 46.6 Å². The fourth-order valence-corrected chi connectivity index (χ4v) is 16.3. The number of hydrogen-bond acceptors (Lipinski definition) is 7. The minimum absolute atomic E-state index is 0.256. The Labute approximate surface area is 458 Å². The van der Waals surface area contributed by atoms with Gasteiger partial charge in [0, 0.05) is 22.3 Å². The Balaban J connectivity index is 1.43. The standard InChI is InChI=1S/C65H88N6S3/c1-5-9-13-17-21-25-31-48(32-26-22-18-14-10-6-2)47-70-56-41-58(51-35-29-33-49(39-51)53(43-66)44-67)72-62(56)64-60(70)61-65(74-64)63-57(42-59(73-63)52-36-30-34-50(40-52)54(45-68)46-69)71(61)55(37-27-23-19-15-11-7-3)38-28-24-20-16-12-8-4/h39-42,48,55H,5-38,47H2,1-4H3. The Hall–Kier alpha value is -4.38. The summed E-state index contributed by atoms with van der Waals surface area (Å²) in [4.78, 5) is 2.58. The van der Waals surface area contributed by atoms with Gasteiger partial charge in [-0.1, -0.05) is 194 Å². The molecule has 0 N–H and O–H groups in total. The first-order valence-electron chi connectivity index (χ1n) is 29.9. The summed E-state index contributed by atoms with van der Waals surface area (Å²) in [5.74, 6) is 0.604. The molecular formula is C65H88N6S3. The van der Waals surface area contributed by atoms with Gasteiger partial charge in [-0.15, -0.1) is 34.0 Å². The van der Waals surface area contributed by atoms with Crippen molar-refractivity contribution in [3.8, 4) is 24.3 Å². The Morgan fingerprint density at radius 1 is 0.459 bits per heavy atom. The van der Waals surface area contributed by atoms with E-state index < -0.39 is 0 Å². The second kappa shape index (κ2) is 30.4. The summed E-state index contributed by atoms with van der Waals surface area (Å²) in [5, 5.41) is 39.6. The second-order valence-electron chi connectivity index (χ2n) is 22.1. The second-order valence-corrected chi connectivity index (χ2v) is 25.3. The third-order valence-electron chi connectivity index (χ3n) is 16.5. The molecule has 0 atom stereocenters. The largest absolute Gasteiger partial charge is 0.337 e. The zero-order valence-electron chi connectivity index (χ0n) is 46.1. The monoisotopic (exact) mass is 1050 g/mol. The van der Waals surface area contributed by atoms with E-state index in [9.17, 15) is 21.0 Å². The summed E-state index contributed by atoms with van der Waals surface area (Å²) in [7, 11) is 0. The first-order chi connectivity index (χ1) is 36.4. The Bertz CT molecular complexity index is 2840. The van der Waals surface area contributed by atoms with E-state index in [4.69, 9.17) is 0 Å². The normalized spacial score (nSPS) is 14.1. The maximum absolute atomic E-state index is 9.90. The van der Waals surface area contributed by atoms with Crippen LogP contribution < -0.4 is 0 Å². The fraction of sp³-hybridized carbons (Fsp3) is 0.631. The van der Waals surface area contributed by atoms with E-state index in [-0.39, 0.29) is 11.1 Å². The summed E-state index contributed by atoms with van der Waals surface area (Å²) < 4.78 is 11.4. The molecule has 0 fully saturated rings. The highest BCUT2D eigenvalue weighted by molar-refractivity contribution is 7.34. The molecule has 5 aromatic heterocycles. The number of thiophene rings is 3. The number of rotatable bonds is 33. The van der Waals surface area contributed by atoms with Gasteiger partial charge in [-0.3, -0.25) is 0 Å². The van der Waals surface area contributed by atoms with Crippen LogP contribution in [0.1, 0.15) is 262 Å². The summed E-state index contributed by atoms with van der Waals surface area (Å²) in [6.07, 6.45) is 46.2. The van der Waals surface area contributed by atoms with Gasteiger partial charge >= 0.3 is 0 Å². The van der Waals surface area contributed by atoms with Gasteiger partial charge < -0.3 is 9.13 Å². The van der Waals surface area contributed by atoms with E-state index in [0.29, 0.717) is 12.0 Å². The summed E-state index contributed by atoms with van der Waals surface area (Å²) in [6, 6.07) is 14.2. The van der Waals surface area contributed by atoms with Crippen molar-refractivity contribution in [2.75, 3.05) is 0 Å². The third kappa shape index (κ3) is 14.5. The highest BCUT2D eigenvalue weighted by Gasteiger charge is 2.30. The molecule has 2 aliphatic rings. The van der Waals surface area contributed by atoms with Crippen molar-refractivity contribution in [3.63, 3.8) is 0 Å². The lowest BCUT2D eigenvalue weighted by molar-refractivity contribution is 0.364. The van der Waals surface area contributed by atoms with Crippen LogP contribution in [0.2, 0.25) is 0 Å². The van der Waals surface area contributed by atoms with Crippen molar-refractivity contribution in [1.29, 1.82) is 21.0 Å². The number of fused-ring (bicyclic) bond motifs is 7. The molecule has 2 aliphatic carbocycles. The lowest BCUT2D eigenvalue weighted by Crippen LogP contribution is -2.13. The maximum Gasteiger partial charge on any atom is 0.132 e. The molecule has 0 spiro atoms. The minimum atomic E-state index is 0.256. The number of nitrogens with zero attached hydrogens (tertiary/aromatic N) is 6. The van der Waals surface area contributed by atoms with Gasteiger partial charge in [0.05, 0.1) is 40.9 Å². The number of allylic oxidation sites excluding steroid dienone is 8. The molecule has 0 unspecified atom stereocenters. The first-order valence-corrected chi connectivity index (χ1v) is 32.4. The van der Waals surface area contributed by atoms with E-state index in [0.717, 1.165) is 56.2 Å². The summed E-state index contributed by atoms with van der Waals surface area (Å²) >= 11 is 5.94. The van der Waals surface area contributed by atoms with Crippen LogP contribution in [0.3, 0.4) is 0 Å². The molecule has 396 valence electrons. The number of hydrogen-bond donors (Lipinski definition) is 0. The van der Waals surface area contributed by atoms with Crippen LogP contribution in [0.4, 0.5) is 0 Å². The van der Waals surface area contributed by atoms with E-state index in [2.05, 4.69) is 85.4 Å². The lowest BCUT2D eigenvalue weighted by atomic mass is 9.91. The van der Waals surface area contributed by atoms with Gasteiger partial charge in [0.1, 0.15) is 35.4 Å². The number of aromatic nitrogens is 2. The van der Waals surface area contributed by atoms with Gasteiger partial charge in [0.15, 0.2) is 0 Å². The Morgan fingerprint density at radius 2 is 0.851 bits per heavy atom. The van der Waals surface area contributed by atoms with Crippen molar-refractivity contribution >= 4 is 86.0 Å². The van der Waals surface area contributed by atoms with E-state index in [1.54, 1.807) is 0 Å². The van der Waals surface area contributed by atoms with Gasteiger partial charge in [-0.2, -0.15) is 21.0 Å². The maximum atomic E-state index is 9.90. The predicted molar refractivity (Wildman–Crippen MR) is 321 cm³/mol. The van der Waals surface area contributed by atoms with Gasteiger partial charge in [0.2, 0.25) is 0 Å². The number of unbranched alkanes of at least 4 members (excludes halogenated alkanes) is 20. The molecule has 5 aromatic rings. The van der Waals surface area contributed by atoms with Crippen molar-refractivity contribution in [3.05, 3.63) is 56.3 Å². The molecule has 74 heavy (non-hydrogen) atoms. The molecule has 0 radical (unpaired) electrons. The SMILES string of the molecule is CCCCCCCCC(CCCCCCCC)Cn1c2cc(C3=CC(=C(C#N)C#N)CCC3)sc2c2sc3c4sc(C5=CC(=C(C#N)C#N)CCC5)cc4n(C(CCCCCCCC)CCCCCCCC)c3c21. The zero-order chi connectivity index (χ0) is 52.1. The van der Waals surface area contributed by atoms with Crippen LogP contribution in [0, 0.1) is 51.2 Å². The molecule has 0 saturated carbocycles. The Morgan fingerprint density at radius 3 is 1.30 bits per heavy atom. The Kier molecular flexibility index (Phi) is 23.5. The van der Waals surface area contributed by atoms with Gasteiger partial charge in [-0.25, -0.2) is 0 Å². The smallest absolute Gasteiger partial charge is 0.132 e. The number of nitriles is 4. The van der Waals surface area contributed by atoms with Crippen molar-refractivity contribution in [2.45, 2.75) is 259 Å². The first kappa shape index (κ1) is 57.3. The third-order valence-corrected chi connectivity index (χ3v) is 20.4. The van der Waals surface area contributed by atoms with Crippen molar-refractivity contribution < 1.29 is 0 Å². The molecule has 0 amide bonds. The molecular weight excluding hydrogens is 961 g/mol. The van der Waals surface area contributed by atoms with Crippen molar-refractivity contribution in [2.24, 2.45) is 5.92 Å². The van der Waals surface area contributed by atoms with Crippen LogP contribution in [0.5, 0.6) is 0 Å². The average molecular weight is 1050 g/mol. The van der Waals surface area contributed by atoms with Crippen molar-refractivity contribution in [1.82, 2.24) is 9.13 Å². The van der Waals surface area contributed by atoms with E-state index >= 15 is 0 Å². The highest BCUT2D eigenvalue weighted by Crippen LogP contribution is 2.53. The molecule has 0 aromatic carbocycles. The summed E-state index contributed by atoms with van der Waals surface area (Å²) in [5.41, 5.74) is 10.5. The summed E-state index contributed by atoms with van der Waals surface area (Å²) in [6.45, 7) is 10.3. The zero-order valence-corrected chi connectivity index (χ0v) is 48.6. The van der Waals surface area contributed by atoms with Crippen LogP contribution in [0.25, 0.3) is 52.0 Å². The average Bonchev–Trinajstić information content (AvgIpc) is 4.24. The minimum Gasteiger partial charge on any atom is -0.337 e. The highest BCUT2D eigenvalue weighted by atomic mass is 32.1. The molecule has 9 heteroatoms. The van der Waals surface area contributed by atoms with Crippen LogP contribution in [-0.4, -0.2) is 9.13 Å². The fourth-order valence-electron chi connectivity index (χ4n) is 12.3. The van der Waals surface area contributed by atoms with Gasteiger partial charge in [0.25, 0.3) is 0 Å². The molecule has 0 aliphatic heterocycles. The molecule has 7 rings (SSSR count). The topological polar surface area (TPSA) is 105 Å². The van der Waals surface area contributed by atoms with Crippen LogP contribution >= 0.6 is 34.0 Å². The lowest BCUT2D eigenvalue weighted by Gasteiger charge is -2.23. The molecule has 0 saturated heterocycles. The molecule has 6 nitrogen and oxygen atoms in total.